The summed E-state index contributed by atoms with van der Waals surface area (Å²) < 4.78 is 37.6. The highest BCUT2D eigenvalue weighted by atomic mass is 32.1. The molecular formula is C15H20F3N3O2S. The molecule has 1 fully saturated rings. The highest BCUT2D eigenvalue weighted by Gasteiger charge is 2.35. The van der Waals surface area contributed by atoms with Gasteiger partial charge < -0.3 is 10.2 Å². The average molecular weight is 363 g/mol. The number of carbonyl (C=O) groups excluding carboxylic acids is 2. The summed E-state index contributed by atoms with van der Waals surface area (Å²) in [6, 6.07) is 0. The fraction of sp³-hybridized carbons (Fsp3) is 0.667. The first-order valence-corrected chi connectivity index (χ1v) is 8.72. The largest absolute Gasteiger partial charge is 0.434 e. The van der Waals surface area contributed by atoms with Crippen molar-refractivity contribution < 1.29 is 22.8 Å². The second-order valence-corrected chi connectivity index (χ2v) is 6.82. The van der Waals surface area contributed by atoms with Crippen LogP contribution in [0.1, 0.15) is 38.8 Å². The number of anilines is 1. The summed E-state index contributed by atoms with van der Waals surface area (Å²) >= 11 is 0.741. The molecular weight excluding hydrogens is 343 g/mol. The summed E-state index contributed by atoms with van der Waals surface area (Å²) in [6.45, 7) is 4.69. The Bertz CT molecular complexity index is 603. The Labute approximate surface area is 142 Å². The number of aromatic nitrogens is 1. The van der Waals surface area contributed by atoms with E-state index in [1.54, 1.807) is 4.90 Å². The van der Waals surface area contributed by atoms with Crippen molar-refractivity contribution in [3.8, 4) is 0 Å². The van der Waals surface area contributed by atoms with E-state index in [0.717, 1.165) is 23.1 Å². The van der Waals surface area contributed by atoms with Crippen molar-refractivity contribution in [1.82, 2.24) is 9.88 Å². The molecule has 1 N–H and O–H groups in total. The highest BCUT2D eigenvalue weighted by molar-refractivity contribution is 7.13. The summed E-state index contributed by atoms with van der Waals surface area (Å²) in [6.07, 6.45) is -2.49. The van der Waals surface area contributed by atoms with E-state index >= 15 is 0 Å². The van der Waals surface area contributed by atoms with Crippen LogP contribution in [0, 0.1) is 11.8 Å². The number of nitrogens with zero attached hydrogens (tertiary/aromatic N) is 2. The van der Waals surface area contributed by atoms with Crippen molar-refractivity contribution in [1.29, 1.82) is 0 Å². The van der Waals surface area contributed by atoms with E-state index in [9.17, 15) is 22.8 Å². The van der Waals surface area contributed by atoms with Crippen molar-refractivity contribution in [2.45, 2.75) is 39.3 Å². The molecule has 0 aliphatic carbocycles. The highest BCUT2D eigenvalue weighted by Crippen LogP contribution is 2.32. The number of hydrogen-bond acceptors (Lipinski definition) is 4. The van der Waals surface area contributed by atoms with Crippen molar-refractivity contribution >= 4 is 28.3 Å². The molecule has 0 aromatic carbocycles. The number of hydrogen-bond donors (Lipinski definition) is 1. The molecule has 1 aliphatic rings. The first-order valence-electron chi connectivity index (χ1n) is 7.84. The molecule has 1 aliphatic heterocycles. The zero-order valence-corrected chi connectivity index (χ0v) is 14.3. The predicted octanol–water partition coefficient (Wildman–Crippen LogP) is 3.39. The summed E-state index contributed by atoms with van der Waals surface area (Å²) in [7, 11) is 0. The lowest BCUT2D eigenvalue weighted by molar-refractivity contribution is -0.141. The number of nitrogens with one attached hydrogen (secondary N) is 1. The topological polar surface area (TPSA) is 62.3 Å². The second kappa shape index (κ2) is 7.50. The fourth-order valence-electron chi connectivity index (χ4n) is 2.55. The van der Waals surface area contributed by atoms with Crippen LogP contribution in [0.25, 0.3) is 0 Å². The van der Waals surface area contributed by atoms with Crippen LogP contribution in [-0.4, -0.2) is 34.8 Å². The summed E-state index contributed by atoms with van der Waals surface area (Å²) in [5, 5.41) is 3.24. The second-order valence-electron chi connectivity index (χ2n) is 5.96. The number of thiazole rings is 1. The zero-order chi connectivity index (χ0) is 17.9. The Balaban J connectivity index is 1.97. The Morgan fingerprint density at radius 3 is 2.79 bits per heavy atom. The summed E-state index contributed by atoms with van der Waals surface area (Å²) in [4.78, 5) is 29.6. The molecule has 0 saturated carbocycles. The number of amides is 2. The molecule has 2 rings (SSSR count). The maximum Gasteiger partial charge on any atom is 0.434 e. The third-order valence-electron chi connectivity index (χ3n) is 4.16. The molecule has 2 amide bonds. The van der Waals surface area contributed by atoms with Crippen LogP contribution in [-0.2, 0) is 15.8 Å². The zero-order valence-electron chi connectivity index (χ0n) is 13.5. The van der Waals surface area contributed by atoms with Gasteiger partial charge in [-0.15, -0.1) is 11.3 Å². The molecule has 2 heterocycles. The van der Waals surface area contributed by atoms with E-state index in [4.69, 9.17) is 0 Å². The van der Waals surface area contributed by atoms with Crippen LogP contribution in [0.2, 0.25) is 0 Å². The van der Waals surface area contributed by atoms with Gasteiger partial charge >= 0.3 is 6.18 Å². The van der Waals surface area contributed by atoms with E-state index < -0.39 is 17.8 Å². The van der Waals surface area contributed by atoms with Gasteiger partial charge in [0.1, 0.15) is 0 Å². The minimum atomic E-state index is -4.52. The van der Waals surface area contributed by atoms with Crippen LogP contribution < -0.4 is 5.32 Å². The molecule has 9 heteroatoms. The van der Waals surface area contributed by atoms with Crippen LogP contribution in [0.15, 0.2) is 5.38 Å². The SMILES string of the molecule is CC[C@H](C)C(=O)N1CCC[C@@H](C(=O)Nc2nc(C(F)(F)F)cs2)C1. The van der Waals surface area contributed by atoms with Crippen molar-refractivity contribution in [2.24, 2.45) is 11.8 Å². The molecule has 0 bridgehead atoms. The van der Waals surface area contributed by atoms with Gasteiger partial charge in [-0.3, -0.25) is 9.59 Å². The van der Waals surface area contributed by atoms with Gasteiger partial charge in [0.15, 0.2) is 10.8 Å². The lowest BCUT2D eigenvalue weighted by Crippen LogP contribution is -2.45. The summed E-state index contributed by atoms with van der Waals surface area (Å²) in [5.41, 5.74) is -1.01. The standard InChI is InChI=1S/C15H20F3N3O2S/c1-3-9(2)13(23)21-6-4-5-10(7-21)12(22)20-14-19-11(8-24-14)15(16,17)18/h8-10H,3-7H2,1-2H3,(H,19,20,22)/t9-,10+/m0/s1. The average Bonchev–Trinajstić information content (AvgIpc) is 3.02. The number of halogens is 3. The molecule has 5 nitrogen and oxygen atoms in total. The lowest BCUT2D eigenvalue weighted by Gasteiger charge is -2.33. The number of alkyl halides is 3. The van der Waals surface area contributed by atoms with Crippen molar-refractivity contribution in [3.63, 3.8) is 0 Å². The lowest BCUT2D eigenvalue weighted by atomic mass is 9.95. The van der Waals surface area contributed by atoms with Gasteiger partial charge in [0, 0.05) is 24.4 Å². The van der Waals surface area contributed by atoms with E-state index in [-0.39, 0.29) is 22.9 Å². The van der Waals surface area contributed by atoms with E-state index in [0.29, 0.717) is 25.9 Å². The minimum Gasteiger partial charge on any atom is -0.342 e. The maximum atomic E-state index is 12.5. The Morgan fingerprint density at radius 2 is 2.21 bits per heavy atom. The van der Waals surface area contributed by atoms with Gasteiger partial charge in [-0.2, -0.15) is 13.2 Å². The first kappa shape index (κ1) is 18.7. The van der Waals surface area contributed by atoms with Gasteiger partial charge in [0.25, 0.3) is 0 Å². The maximum absolute atomic E-state index is 12.5. The molecule has 1 saturated heterocycles. The van der Waals surface area contributed by atoms with Gasteiger partial charge in [-0.25, -0.2) is 4.98 Å². The Hall–Kier alpha value is -1.64. The third-order valence-corrected chi connectivity index (χ3v) is 4.92. The number of rotatable bonds is 4. The summed E-state index contributed by atoms with van der Waals surface area (Å²) in [5.74, 6) is -0.895. The molecule has 0 spiro atoms. The third kappa shape index (κ3) is 4.46. The number of carbonyl (C=O) groups is 2. The molecule has 24 heavy (non-hydrogen) atoms. The van der Waals surface area contributed by atoms with Crippen molar-refractivity contribution in [3.05, 3.63) is 11.1 Å². The fourth-order valence-corrected chi connectivity index (χ4v) is 3.27. The monoisotopic (exact) mass is 363 g/mol. The predicted molar refractivity (Wildman–Crippen MR) is 84.5 cm³/mol. The molecule has 0 radical (unpaired) electrons. The van der Waals surface area contributed by atoms with Gasteiger partial charge in [-0.1, -0.05) is 13.8 Å². The molecule has 0 unspecified atom stereocenters. The van der Waals surface area contributed by atoms with Gasteiger partial charge in [0.05, 0.1) is 5.92 Å². The molecule has 1 aromatic heterocycles. The minimum absolute atomic E-state index is 0.0172. The van der Waals surface area contributed by atoms with Gasteiger partial charge in [-0.05, 0) is 19.3 Å². The number of likely N-dealkylation sites (tertiary alicyclic amines) is 1. The normalized spacial score (nSPS) is 19.9. The molecule has 1 aromatic rings. The Morgan fingerprint density at radius 1 is 1.50 bits per heavy atom. The number of piperidine rings is 1. The quantitative estimate of drug-likeness (QED) is 0.892. The van der Waals surface area contributed by atoms with Crippen LogP contribution in [0.3, 0.4) is 0 Å². The van der Waals surface area contributed by atoms with Crippen molar-refractivity contribution in [2.75, 3.05) is 18.4 Å². The van der Waals surface area contributed by atoms with E-state index in [1.807, 2.05) is 13.8 Å². The van der Waals surface area contributed by atoms with E-state index in [2.05, 4.69) is 10.3 Å². The molecule has 2 atom stereocenters. The van der Waals surface area contributed by atoms with Crippen LogP contribution in [0.4, 0.5) is 18.3 Å². The van der Waals surface area contributed by atoms with E-state index in [1.165, 1.54) is 0 Å². The van der Waals surface area contributed by atoms with Crippen LogP contribution >= 0.6 is 11.3 Å². The smallest absolute Gasteiger partial charge is 0.342 e. The first-order chi connectivity index (χ1) is 11.2. The van der Waals surface area contributed by atoms with Gasteiger partial charge in [0.2, 0.25) is 11.8 Å². The Kier molecular flexibility index (Phi) is 5.84. The van der Waals surface area contributed by atoms with Crippen LogP contribution in [0.5, 0.6) is 0 Å². The molecule has 134 valence electrons.